The van der Waals surface area contributed by atoms with Crippen LogP contribution in [0.2, 0.25) is 0 Å². The summed E-state index contributed by atoms with van der Waals surface area (Å²) < 4.78 is 41.3. The van der Waals surface area contributed by atoms with Crippen molar-refractivity contribution >= 4 is 26.7 Å². The van der Waals surface area contributed by atoms with Crippen LogP contribution in [-0.2, 0) is 21.4 Å². The van der Waals surface area contributed by atoms with Gasteiger partial charge in [-0.3, -0.25) is 14.5 Å². The molecule has 0 spiro atoms. The Bertz CT molecular complexity index is 1090. The van der Waals surface area contributed by atoms with E-state index in [1.54, 1.807) is 30.3 Å². The lowest BCUT2D eigenvalue weighted by molar-refractivity contribution is -0.119. The standard InChI is InChI=1S/C21H22FN3O3S/c1-3-17-20(15-10-8-14(2)9-11-15)29(27,28)25-21(17)24-13-19(26)23-12-16-6-4-5-7-18(16)22/h4-11H,3,12-13H2,1-2H3,(H,23,26)(H,24,25). The summed E-state index contributed by atoms with van der Waals surface area (Å²) in [5.74, 6) is -0.662. The summed E-state index contributed by atoms with van der Waals surface area (Å²) in [6.45, 7) is 3.52. The highest BCUT2D eigenvalue weighted by molar-refractivity contribution is 8.00. The molecule has 0 bridgehead atoms. The molecule has 29 heavy (non-hydrogen) atoms. The molecule has 0 saturated heterocycles. The number of sulfonamides is 1. The lowest BCUT2D eigenvalue weighted by atomic mass is 10.1. The van der Waals surface area contributed by atoms with Crippen molar-refractivity contribution in [3.63, 3.8) is 0 Å². The number of carbonyl (C=O) groups is 1. The topological polar surface area (TPSA) is 87.6 Å². The Kier molecular flexibility index (Phi) is 6.12. The molecule has 0 unspecified atom stereocenters. The molecule has 0 aromatic heterocycles. The van der Waals surface area contributed by atoms with Crippen molar-refractivity contribution in [1.29, 1.82) is 0 Å². The van der Waals surface area contributed by atoms with Crippen LogP contribution in [0.1, 0.15) is 30.0 Å². The van der Waals surface area contributed by atoms with Gasteiger partial charge in [-0.15, -0.1) is 0 Å². The molecule has 1 aliphatic heterocycles. The van der Waals surface area contributed by atoms with Gasteiger partial charge in [-0.1, -0.05) is 55.0 Å². The van der Waals surface area contributed by atoms with Crippen LogP contribution in [-0.4, -0.2) is 26.7 Å². The van der Waals surface area contributed by atoms with Gasteiger partial charge in [0.2, 0.25) is 5.91 Å². The molecule has 8 heteroatoms. The van der Waals surface area contributed by atoms with Gasteiger partial charge in [0.15, 0.2) is 0 Å². The number of benzene rings is 2. The first kappa shape index (κ1) is 20.7. The predicted molar refractivity (Wildman–Crippen MR) is 111 cm³/mol. The number of nitrogens with zero attached hydrogens (tertiary/aromatic N) is 1. The molecule has 0 saturated carbocycles. The number of hydrogen-bond donors (Lipinski definition) is 2. The molecular formula is C21H22FN3O3S. The quantitative estimate of drug-likeness (QED) is 0.761. The van der Waals surface area contributed by atoms with Gasteiger partial charge in [0.1, 0.15) is 23.1 Å². The average Bonchev–Trinajstić information content (AvgIpc) is 2.96. The van der Waals surface area contributed by atoms with Crippen LogP contribution in [0.3, 0.4) is 0 Å². The van der Waals surface area contributed by atoms with E-state index in [4.69, 9.17) is 0 Å². The third kappa shape index (κ3) is 4.71. The molecule has 6 nitrogen and oxygen atoms in total. The molecule has 0 aliphatic carbocycles. The molecule has 1 amide bonds. The molecule has 152 valence electrons. The summed E-state index contributed by atoms with van der Waals surface area (Å²) in [5.41, 5.74) is 2.51. The van der Waals surface area contributed by atoms with Crippen LogP contribution in [0, 0.1) is 12.7 Å². The van der Waals surface area contributed by atoms with Crippen LogP contribution >= 0.6 is 0 Å². The van der Waals surface area contributed by atoms with Crippen molar-refractivity contribution in [2.45, 2.75) is 26.8 Å². The number of nitrogens with one attached hydrogen (secondary N) is 2. The Morgan fingerprint density at radius 3 is 2.48 bits per heavy atom. The van der Waals surface area contributed by atoms with Gasteiger partial charge in [-0.05, 0) is 25.0 Å². The van der Waals surface area contributed by atoms with Gasteiger partial charge in [0, 0.05) is 17.7 Å². The van der Waals surface area contributed by atoms with E-state index in [2.05, 4.69) is 15.0 Å². The number of amides is 1. The highest BCUT2D eigenvalue weighted by Crippen LogP contribution is 2.31. The number of halogens is 1. The van der Waals surface area contributed by atoms with Crippen molar-refractivity contribution < 1.29 is 17.6 Å². The zero-order chi connectivity index (χ0) is 21.0. The van der Waals surface area contributed by atoms with Crippen molar-refractivity contribution in [1.82, 2.24) is 10.0 Å². The Morgan fingerprint density at radius 2 is 1.83 bits per heavy atom. The molecule has 0 radical (unpaired) electrons. The van der Waals surface area contributed by atoms with Crippen LogP contribution in [0.25, 0.3) is 4.91 Å². The fourth-order valence-electron chi connectivity index (χ4n) is 3.04. The molecule has 3 rings (SSSR count). The van der Waals surface area contributed by atoms with Crippen molar-refractivity contribution in [3.8, 4) is 0 Å². The first-order valence-corrected chi connectivity index (χ1v) is 10.7. The van der Waals surface area contributed by atoms with E-state index in [1.807, 2.05) is 26.0 Å². The molecule has 1 aliphatic rings. The second kappa shape index (κ2) is 8.57. The highest BCUT2D eigenvalue weighted by atomic mass is 32.2. The molecule has 2 aromatic rings. The van der Waals surface area contributed by atoms with Gasteiger partial charge in [0.05, 0.1) is 0 Å². The van der Waals surface area contributed by atoms with Gasteiger partial charge < -0.3 is 5.32 Å². The third-order valence-corrected chi connectivity index (χ3v) is 6.02. The summed E-state index contributed by atoms with van der Waals surface area (Å²) in [6.07, 6.45) is 0.436. The van der Waals surface area contributed by atoms with Crippen LogP contribution in [0.4, 0.5) is 4.39 Å². The fraction of sp³-hybridized carbons (Fsp3) is 0.238. The van der Waals surface area contributed by atoms with Gasteiger partial charge in [-0.25, -0.2) is 12.8 Å². The minimum atomic E-state index is -3.75. The maximum Gasteiger partial charge on any atom is 0.264 e. The highest BCUT2D eigenvalue weighted by Gasteiger charge is 2.34. The third-order valence-electron chi connectivity index (χ3n) is 4.54. The predicted octanol–water partition coefficient (Wildman–Crippen LogP) is 2.90. The van der Waals surface area contributed by atoms with E-state index in [9.17, 15) is 17.6 Å². The minimum Gasteiger partial charge on any atom is -0.350 e. The molecule has 2 aromatic carbocycles. The summed E-state index contributed by atoms with van der Waals surface area (Å²) in [6, 6.07) is 13.4. The van der Waals surface area contributed by atoms with E-state index < -0.39 is 21.7 Å². The first-order chi connectivity index (χ1) is 13.8. The fourth-order valence-corrected chi connectivity index (χ4v) is 4.60. The maximum atomic E-state index is 13.6. The second-order valence-corrected chi connectivity index (χ2v) is 8.28. The summed E-state index contributed by atoms with van der Waals surface area (Å²) in [4.78, 5) is 16.4. The number of aryl methyl sites for hydroxylation is 1. The zero-order valence-corrected chi connectivity index (χ0v) is 17.0. The van der Waals surface area contributed by atoms with Gasteiger partial charge in [0.25, 0.3) is 10.0 Å². The largest absolute Gasteiger partial charge is 0.350 e. The van der Waals surface area contributed by atoms with E-state index in [0.717, 1.165) is 5.56 Å². The van der Waals surface area contributed by atoms with Crippen LogP contribution in [0.15, 0.2) is 59.1 Å². The number of hydrogen-bond acceptors (Lipinski definition) is 4. The normalized spacial score (nSPS) is 16.7. The Labute approximate surface area is 169 Å². The summed E-state index contributed by atoms with van der Waals surface area (Å²) >= 11 is 0. The first-order valence-electron chi connectivity index (χ1n) is 9.19. The smallest absolute Gasteiger partial charge is 0.264 e. The maximum absolute atomic E-state index is 13.6. The molecular weight excluding hydrogens is 393 g/mol. The van der Waals surface area contributed by atoms with E-state index >= 15 is 0 Å². The summed E-state index contributed by atoms with van der Waals surface area (Å²) in [7, 11) is -3.75. The molecule has 1 heterocycles. The van der Waals surface area contributed by atoms with Gasteiger partial charge in [-0.2, -0.15) is 0 Å². The minimum absolute atomic E-state index is 0.0349. The van der Waals surface area contributed by atoms with Crippen molar-refractivity contribution in [2.75, 3.05) is 6.54 Å². The number of rotatable bonds is 6. The van der Waals surface area contributed by atoms with Gasteiger partial charge >= 0.3 is 0 Å². The second-order valence-electron chi connectivity index (χ2n) is 6.67. The lowest BCUT2D eigenvalue weighted by Crippen LogP contribution is -2.28. The van der Waals surface area contributed by atoms with E-state index in [0.29, 0.717) is 23.1 Å². The Balaban J connectivity index is 1.77. The number of carbonyl (C=O) groups excluding carboxylic acids is 1. The van der Waals surface area contributed by atoms with Crippen molar-refractivity contribution in [3.05, 3.63) is 76.6 Å². The zero-order valence-electron chi connectivity index (χ0n) is 16.2. The number of amidine groups is 1. The summed E-state index contributed by atoms with van der Waals surface area (Å²) in [5, 5.41) is 2.59. The molecule has 0 fully saturated rings. The molecule has 2 N–H and O–H groups in total. The van der Waals surface area contributed by atoms with Crippen molar-refractivity contribution in [2.24, 2.45) is 4.99 Å². The van der Waals surface area contributed by atoms with Crippen LogP contribution < -0.4 is 10.0 Å². The van der Waals surface area contributed by atoms with E-state index in [-0.39, 0.29) is 23.8 Å². The monoisotopic (exact) mass is 415 g/mol. The Hall–Kier alpha value is -3.00. The number of aliphatic imine (C=N–C) groups is 1. The van der Waals surface area contributed by atoms with E-state index in [1.165, 1.54) is 6.07 Å². The van der Waals surface area contributed by atoms with Crippen LogP contribution in [0.5, 0.6) is 0 Å². The molecule has 0 atom stereocenters. The Morgan fingerprint density at radius 1 is 1.14 bits per heavy atom. The average molecular weight is 415 g/mol. The lowest BCUT2D eigenvalue weighted by Gasteiger charge is -2.06. The SMILES string of the molecule is CCC1=C(c2ccc(C)cc2)S(=O)(=O)NC1=NCC(=O)NCc1ccccc1F.